The Morgan fingerprint density at radius 2 is 1.53 bits per heavy atom. The Hall–Kier alpha value is -3.58. The number of hydrogen-bond donors (Lipinski definition) is 1. The van der Waals surface area contributed by atoms with E-state index in [1.165, 1.54) is 13.1 Å². The molecule has 1 heterocycles. The maximum absolute atomic E-state index is 13.4. The number of rotatable bonds is 5. The average Bonchev–Trinajstić information content (AvgIpc) is 2.78. The van der Waals surface area contributed by atoms with Crippen LogP contribution >= 0.6 is 0 Å². The molecule has 152 valence electrons. The molecule has 0 saturated carbocycles. The van der Waals surface area contributed by atoms with Crippen LogP contribution in [0.2, 0.25) is 0 Å². The number of nitrogens with one attached hydrogen (secondary N) is 1. The second-order valence-electron chi connectivity index (χ2n) is 6.71. The van der Waals surface area contributed by atoms with E-state index >= 15 is 0 Å². The van der Waals surface area contributed by atoms with Gasteiger partial charge in [-0.2, -0.15) is 0 Å². The van der Waals surface area contributed by atoms with Gasteiger partial charge in [0.1, 0.15) is 11.4 Å². The van der Waals surface area contributed by atoms with Crippen molar-refractivity contribution in [3.05, 3.63) is 95.7 Å². The zero-order chi connectivity index (χ0) is 21.3. The molecule has 6 nitrogen and oxygen atoms in total. The van der Waals surface area contributed by atoms with Crippen LogP contribution in [-0.2, 0) is 10.0 Å². The molecule has 0 aromatic heterocycles. The first-order valence-corrected chi connectivity index (χ1v) is 10.7. The summed E-state index contributed by atoms with van der Waals surface area (Å²) in [7, 11) is -0.934. The van der Waals surface area contributed by atoms with Gasteiger partial charge in [-0.15, -0.1) is 0 Å². The Labute approximate surface area is 175 Å². The summed E-state index contributed by atoms with van der Waals surface area (Å²) < 4.78 is 32.8. The van der Waals surface area contributed by atoms with Crippen molar-refractivity contribution < 1.29 is 17.9 Å². The fourth-order valence-corrected chi connectivity index (χ4v) is 4.85. The highest BCUT2D eigenvalue weighted by Gasteiger charge is 2.38. The van der Waals surface area contributed by atoms with Gasteiger partial charge < -0.3 is 10.1 Å². The second kappa shape index (κ2) is 7.68. The number of likely N-dealkylation sites (N-methyl/N-ethyl adjacent to an activating group) is 1. The third kappa shape index (κ3) is 3.23. The Bertz CT molecular complexity index is 1250. The van der Waals surface area contributed by atoms with E-state index in [9.17, 15) is 13.2 Å². The number of ketones is 1. The highest BCUT2D eigenvalue weighted by atomic mass is 32.2. The van der Waals surface area contributed by atoms with Crippen LogP contribution in [0.5, 0.6) is 5.75 Å². The molecular weight excluding hydrogens is 400 g/mol. The summed E-state index contributed by atoms with van der Waals surface area (Å²) in [6, 6.07) is 22.5. The molecule has 4 rings (SSSR count). The molecule has 3 aromatic carbocycles. The minimum absolute atomic E-state index is 0.0470. The fourth-order valence-electron chi connectivity index (χ4n) is 3.44. The zero-order valence-corrected chi connectivity index (χ0v) is 17.3. The highest BCUT2D eigenvalue weighted by molar-refractivity contribution is 7.89. The Morgan fingerprint density at radius 3 is 2.27 bits per heavy atom. The second-order valence-corrected chi connectivity index (χ2v) is 8.65. The number of Topliss-reactive ketones (excluding diaryl/α,β-unsaturated/α-hetero) is 1. The molecule has 0 spiro atoms. The first kappa shape index (κ1) is 19.7. The van der Waals surface area contributed by atoms with Crippen LogP contribution in [0.4, 0.5) is 5.69 Å². The number of nitrogens with zero attached hydrogens (tertiary/aromatic N) is 1. The van der Waals surface area contributed by atoms with Crippen molar-refractivity contribution >= 4 is 27.2 Å². The van der Waals surface area contributed by atoms with Gasteiger partial charge in [0.15, 0.2) is 0 Å². The summed E-state index contributed by atoms with van der Waals surface area (Å²) in [5.74, 6) is 0.179. The monoisotopic (exact) mass is 420 g/mol. The first-order valence-electron chi connectivity index (χ1n) is 9.27. The number of sulfonamides is 1. The lowest BCUT2D eigenvalue weighted by molar-refractivity contribution is 0.101. The van der Waals surface area contributed by atoms with Crippen molar-refractivity contribution in [3.8, 4) is 5.75 Å². The van der Waals surface area contributed by atoms with Gasteiger partial charge in [-0.1, -0.05) is 60.7 Å². The van der Waals surface area contributed by atoms with Crippen molar-refractivity contribution in [1.82, 2.24) is 4.31 Å². The maximum Gasteiger partial charge on any atom is 0.264 e. The predicted molar refractivity (Wildman–Crippen MR) is 116 cm³/mol. The lowest BCUT2D eigenvalue weighted by atomic mass is 10.0. The van der Waals surface area contributed by atoms with E-state index in [2.05, 4.69) is 5.32 Å². The van der Waals surface area contributed by atoms with Gasteiger partial charge in [0.05, 0.1) is 23.4 Å². The van der Waals surface area contributed by atoms with Gasteiger partial charge in [0.2, 0.25) is 5.78 Å². The molecule has 0 aliphatic carbocycles. The molecule has 0 amide bonds. The van der Waals surface area contributed by atoms with Crippen LogP contribution < -0.4 is 10.1 Å². The molecule has 0 unspecified atom stereocenters. The zero-order valence-electron chi connectivity index (χ0n) is 16.5. The molecule has 1 aliphatic heterocycles. The van der Waals surface area contributed by atoms with Crippen LogP contribution in [0.25, 0.3) is 5.70 Å². The number of carbonyl (C=O) groups is 1. The number of anilines is 1. The van der Waals surface area contributed by atoms with E-state index in [0.29, 0.717) is 28.3 Å². The van der Waals surface area contributed by atoms with Crippen LogP contribution in [-0.4, -0.2) is 32.7 Å². The van der Waals surface area contributed by atoms with E-state index in [4.69, 9.17) is 4.74 Å². The van der Waals surface area contributed by atoms with Gasteiger partial charge in [-0.3, -0.25) is 9.10 Å². The highest BCUT2D eigenvalue weighted by Crippen LogP contribution is 2.39. The van der Waals surface area contributed by atoms with E-state index in [0.717, 1.165) is 4.31 Å². The lowest BCUT2D eigenvalue weighted by Crippen LogP contribution is -2.36. The summed E-state index contributed by atoms with van der Waals surface area (Å²) in [6.45, 7) is 0. The Kier molecular flexibility index (Phi) is 5.05. The molecule has 30 heavy (non-hydrogen) atoms. The smallest absolute Gasteiger partial charge is 0.264 e. The minimum Gasteiger partial charge on any atom is -0.495 e. The number of methoxy groups -OCH3 is 1. The van der Waals surface area contributed by atoms with E-state index in [1.807, 2.05) is 18.2 Å². The van der Waals surface area contributed by atoms with Crippen molar-refractivity contribution in [3.63, 3.8) is 0 Å². The molecule has 0 atom stereocenters. The summed E-state index contributed by atoms with van der Waals surface area (Å²) in [4.78, 5) is 13.6. The number of fused-ring (bicyclic) bond motifs is 1. The standard InChI is InChI=1S/C23H20N2O4S/c1-25-22(23(26)16-10-4-3-5-11-16)21(24-18-13-7-8-14-19(18)29-2)17-12-6-9-15-20(17)30(25,27)28/h3-15,24H,1-2H3. The largest absolute Gasteiger partial charge is 0.495 e. The van der Waals surface area contributed by atoms with Gasteiger partial charge in [-0.25, -0.2) is 8.42 Å². The molecule has 3 aromatic rings. The summed E-state index contributed by atoms with van der Waals surface area (Å²) in [6.07, 6.45) is 0. The predicted octanol–water partition coefficient (Wildman–Crippen LogP) is 3.99. The molecule has 0 fully saturated rings. The molecule has 1 aliphatic rings. The number of hydrogen-bond acceptors (Lipinski definition) is 5. The SMILES string of the molecule is COc1ccccc1NC1=C(C(=O)c2ccccc2)N(C)S(=O)(=O)c2ccccc21. The lowest BCUT2D eigenvalue weighted by Gasteiger charge is -2.31. The van der Waals surface area contributed by atoms with E-state index in [1.54, 1.807) is 61.7 Å². The number of carbonyl (C=O) groups excluding carboxylic acids is 1. The van der Waals surface area contributed by atoms with Crippen LogP contribution in [0.3, 0.4) is 0 Å². The molecule has 1 N–H and O–H groups in total. The number of para-hydroxylation sites is 2. The van der Waals surface area contributed by atoms with Gasteiger partial charge >= 0.3 is 0 Å². The fraction of sp³-hybridized carbons (Fsp3) is 0.0870. The van der Waals surface area contributed by atoms with Gasteiger partial charge in [0.25, 0.3) is 10.0 Å². The van der Waals surface area contributed by atoms with Crippen molar-refractivity contribution in [2.24, 2.45) is 0 Å². The van der Waals surface area contributed by atoms with Crippen molar-refractivity contribution in [1.29, 1.82) is 0 Å². The van der Waals surface area contributed by atoms with Crippen LogP contribution in [0.15, 0.2) is 89.5 Å². The maximum atomic E-state index is 13.4. The molecule has 0 bridgehead atoms. The Balaban J connectivity index is 1.99. The first-order chi connectivity index (χ1) is 14.4. The topological polar surface area (TPSA) is 75.7 Å². The van der Waals surface area contributed by atoms with Crippen molar-refractivity contribution in [2.45, 2.75) is 4.90 Å². The van der Waals surface area contributed by atoms with Gasteiger partial charge in [-0.05, 0) is 18.2 Å². The average molecular weight is 420 g/mol. The van der Waals surface area contributed by atoms with Crippen molar-refractivity contribution in [2.75, 3.05) is 19.5 Å². The number of allylic oxidation sites excluding steroid dienone is 1. The summed E-state index contributed by atoms with van der Waals surface area (Å²) in [5.41, 5.74) is 1.90. The number of benzene rings is 3. The third-order valence-electron chi connectivity index (χ3n) is 4.96. The molecular formula is C23H20N2O4S. The normalized spacial score (nSPS) is 14.8. The van der Waals surface area contributed by atoms with Gasteiger partial charge in [0, 0.05) is 18.2 Å². The molecule has 7 heteroatoms. The number of ether oxygens (including phenoxy) is 1. The quantitative estimate of drug-likeness (QED) is 0.632. The molecule has 0 radical (unpaired) electrons. The third-order valence-corrected chi connectivity index (χ3v) is 6.78. The minimum atomic E-state index is -3.88. The van der Waals surface area contributed by atoms with Crippen LogP contribution in [0.1, 0.15) is 15.9 Å². The Morgan fingerprint density at radius 1 is 0.900 bits per heavy atom. The van der Waals surface area contributed by atoms with E-state index in [-0.39, 0.29) is 10.6 Å². The van der Waals surface area contributed by atoms with Crippen LogP contribution in [0, 0.1) is 0 Å². The van der Waals surface area contributed by atoms with E-state index < -0.39 is 15.8 Å². The summed E-state index contributed by atoms with van der Waals surface area (Å²) in [5, 5.41) is 3.25. The molecule has 0 saturated heterocycles. The summed E-state index contributed by atoms with van der Waals surface area (Å²) >= 11 is 0.